The number of carbonyl (C=O) groups excluding carboxylic acids is 2. The SMILES string of the molecule is COc1cccc([C@@H]2[C@@H]3C(=O)N(c4ccc(Br)cc4)C(=O)[C@H]3ON2c2ccccc2)c1. The van der Waals surface area contributed by atoms with Crippen molar-refractivity contribution in [1.29, 1.82) is 0 Å². The van der Waals surface area contributed by atoms with E-state index in [1.807, 2.05) is 54.6 Å². The number of amides is 2. The molecule has 2 amide bonds. The van der Waals surface area contributed by atoms with E-state index in [1.54, 1.807) is 36.4 Å². The summed E-state index contributed by atoms with van der Waals surface area (Å²) >= 11 is 3.39. The van der Waals surface area contributed by atoms with E-state index in [-0.39, 0.29) is 11.8 Å². The number of halogens is 1. The Kier molecular flexibility index (Phi) is 5.00. The predicted molar refractivity (Wildman–Crippen MR) is 120 cm³/mol. The van der Waals surface area contributed by atoms with E-state index in [0.29, 0.717) is 11.4 Å². The van der Waals surface area contributed by atoms with Crippen molar-refractivity contribution < 1.29 is 19.2 Å². The van der Waals surface area contributed by atoms with Crippen LogP contribution >= 0.6 is 15.9 Å². The van der Waals surface area contributed by atoms with Gasteiger partial charge in [0.2, 0.25) is 5.91 Å². The molecule has 2 fully saturated rings. The molecule has 31 heavy (non-hydrogen) atoms. The number of benzene rings is 3. The van der Waals surface area contributed by atoms with Crippen LogP contribution in [0.15, 0.2) is 83.3 Å². The number of para-hydroxylation sites is 1. The van der Waals surface area contributed by atoms with Crippen LogP contribution in [0.1, 0.15) is 11.6 Å². The number of carbonyl (C=O) groups is 2. The molecular weight excluding hydrogens is 460 g/mol. The van der Waals surface area contributed by atoms with Gasteiger partial charge in [-0.05, 0) is 54.1 Å². The van der Waals surface area contributed by atoms with Crippen molar-refractivity contribution in [3.63, 3.8) is 0 Å². The second-order valence-electron chi connectivity index (χ2n) is 7.42. The van der Waals surface area contributed by atoms with Crippen LogP contribution in [0.2, 0.25) is 0 Å². The van der Waals surface area contributed by atoms with Crippen LogP contribution < -0.4 is 14.7 Å². The fraction of sp³-hybridized carbons (Fsp3) is 0.167. The second-order valence-corrected chi connectivity index (χ2v) is 8.34. The van der Waals surface area contributed by atoms with E-state index < -0.39 is 18.1 Å². The highest BCUT2D eigenvalue weighted by molar-refractivity contribution is 9.10. The van der Waals surface area contributed by atoms with Gasteiger partial charge in [-0.3, -0.25) is 14.4 Å². The maximum absolute atomic E-state index is 13.6. The minimum Gasteiger partial charge on any atom is -0.497 e. The molecule has 0 radical (unpaired) electrons. The van der Waals surface area contributed by atoms with Crippen molar-refractivity contribution in [3.8, 4) is 5.75 Å². The van der Waals surface area contributed by atoms with Gasteiger partial charge in [-0.1, -0.05) is 46.3 Å². The topological polar surface area (TPSA) is 59.1 Å². The first-order valence-electron chi connectivity index (χ1n) is 9.87. The van der Waals surface area contributed by atoms with Crippen molar-refractivity contribution in [2.24, 2.45) is 5.92 Å². The van der Waals surface area contributed by atoms with Crippen LogP contribution in [-0.4, -0.2) is 25.0 Å². The number of fused-ring (bicyclic) bond motifs is 1. The smallest absolute Gasteiger partial charge is 0.266 e. The summed E-state index contributed by atoms with van der Waals surface area (Å²) in [5, 5.41) is 1.68. The van der Waals surface area contributed by atoms with Crippen LogP contribution in [-0.2, 0) is 14.4 Å². The van der Waals surface area contributed by atoms with Gasteiger partial charge in [0.1, 0.15) is 11.7 Å². The van der Waals surface area contributed by atoms with Gasteiger partial charge in [0, 0.05) is 4.47 Å². The van der Waals surface area contributed by atoms with Crippen LogP contribution in [0.4, 0.5) is 11.4 Å². The highest BCUT2D eigenvalue weighted by Crippen LogP contribution is 2.48. The molecule has 3 aromatic carbocycles. The molecule has 0 spiro atoms. The standard InChI is InChI=1S/C24H19BrN2O4/c1-30-19-9-5-6-15(14-19)21-20-22(31-27(21)18-7-3-2-4-8-18)24(29)26(23(20)28)17-12-10-16(25)11-13-17/h2-14,20-22H,1H3/t20-,21+,22-/m0/s1. The zero-order valence-corrected chi connectivity index (χ0v) is 18.2. The predicted octanol–water partition coefficient (Wildman–Crippen LogP) is 4.51. The first-order chi connectivity index (χ1) is 15.1. The van der Waals surface area contributed by atoms with E-state index >= 15 is 0 Å². The number of imide groups is 1. The zero-order chi connectivity index (χ0) is 21.5. The van der Waals surface area contributed by atoms with Gasteiger partial charge in [-0.25, -0.2) is 9.96 Å². The average Bonchev–Trinajstić information content (AvgIpc) is 3.31. The summed E-state index contributed by atoms with van der Waals surface area (Å²) in [7, 11) is 1.60. The normalized spacial score (nSPS) is 22.7. The lowest BCUT2D eigenvalue weighted by atomic mass is 9.90. The molecule has 0 aliphatic carbocycles. The lowest BCUT2D eigenvalue weighted by Crippen LogP contribution is -2.37. The van der Waals surface area contributed by atoms with Crippen molar-refractivity contribution >= 4 is 39.1 Å². The molecule has 2 saturated heterocycles. The molecule has 0 bridgehead atoms. The molecule has 0 N–H and O–H groups in total. The van der Waals surface area contributed by atoms with Gasteiger partial charge in [0.15, 0.2) is 6.10 Å². The Hall–Kier alpha value is -3.16. The summed E-state index contributed by atoms with van der Waals surface area (Å²) in [6.45, 7) is 0. The lowest BCUT2D eigenvalue weighted by molar-refractivity contribution is -0.126. The van der Waals surface area contributed by atoms with Gasteiger partial charge in [0.05, 0.1) is 24.5 Å². The van der Waals surface area contributed by atoms with Crippen LogP contribution in [0.25, 0.3) is 0 Å². The summed E-state index contributed by atoms with van der Waals surface area (Å²) in [4.78, 5) is 34.2. The number of hydrogen-bond acceptors (Lipinski definition) is 5. The van der Waals surface area contributed by atoms with Gasteiger partial charge in [-0.15, -0.1) is 0 Å². The zero-order valence-electron chi connectivity index (χ0n) is 16.6. The maximum Gasteiger partial charge on any atom is 0.266 e. The van der Waals surface area contributed by atoms with E-state index in [9.17, 15) is 9.59 Å². The molecule has 156 valence electrons. The van der Waals surface area contributed by atoms with Crippen molar-refractivity contribution in [2.45, 2.75) is 12.1 Å². The Bertz CT molecular complexity index is 1140. The molecule has 0 unspecified atom stereocenters. The van der Waals surface area contributed by atoms with Crippen LogP contribution in [0.5, 0.6) is 5.75 Å². The van der Waals surface area contributed by atoms with Gasteiger partial charge in [-0.2, -0.15) is 0 Å². The van der Waals surface area contributed by atoms with Gasteiger partial charge >= 0.3 is 0 Å². The molecule has 5 rings (SSSR count). The quantitative estimate of drug-likeness (QED) is 0.516. The number of hydrogen-bond donors (Lipinski definition) is 0. The maximum atomic E-state index is 13.6. The van der Waals surface area contributed by atoms with Crippen molar-refractivity contribution in [3.05, 3.63) is 88.9 Å². The first kappa shape index (κ1) is 19.8. The number of nitrogens with zero attached hydrogens (tertiary/aromatic N) is 2. The van der Waals surface area contributed by atoms with Crippen LogP contribution in [0, 0.1) is 5.92 Å². The molecule has 2 aliphatic heterocycles. The third-order valence-corrected chi connectivity index (χ3v) is 6.17. The number of hydroxylamine groups is 1. The molecular formula is C24H19BrN2O4. The highest BCUT2D eigenvalue weighted by atomic mass is 79.9. The highest BCUT2D eigenvalue weighted by Gasteiger charge is 2.60. The summed E-state index contributed by atoms with van der Waals surface area (Å²) in [6, 6.07) is 23.7. The summed E-state index contributed by atoms with van der Waals surface area (Å²) < 4.78 is 6.26. The molecule has 3 atom stereocenters. The third kappa shape index (κ3) is 3.30. The number of ether oxygens (including phenoxy) is 1. The third-order valence-electron chi connectivity index (χ3n) is 5.65. The van der Waals surface area contributed by atoms with E-state index in [1.165, 1.54) is 4.90 Å². The Morgan fingerprint density at radius 2 is 1.61 bits per heavy atom. The molecule has 7 heteroatoms. The van der Waals surface area contributed by atoms with E-state index in [4.69, 9.17) is 9.57 Å². The summed E-state index contributed by atoms with van der Waals surface area (Å²) in [6.07, 6.45) is -0.896. The Morgan fingerprint density at radius 1 is 0.871 bits per heavy atom. The number of anilines is 2. The summed E-state index contributed by atoms with van der Waals surface area (Å²) in [5.41, 5.74) is 2.15. The molecule has 0 aromatic heterocycles. The van der Waals surface area contributed by atoms with Crippen LogP contribution in [0.3, 0.4) is 0 Å². The molecule has 3 aromatic rings. The molecule has 2 aliphatic rings. The lowest BCUT2D eigenvalue weighted by Gasteiger charge is -2.29. The minimum atomic E-state index is -0.896. The largest absolute Gasteiger partial charge is 0.497 e. The van der Waals surface area contributed by atoms with Gasteiger partial charge < -0.3 is 4.74 Å². The van der Waals surface area contributed by atoms with Crippen molar-refractivity contribution in [2.75, 3.05) is 17.1 Å². The average molecular weight is 479 g/mol. The van der Waals surface area contributed by atoms with E-state index in [2.05, 4.69) is 15.9 Å². The first-order valence-corrected chi connectivity index (χ1v) is 10.7. The Balaban J connectivity index is 1.59. The molecule has 2 heterocycles. The molecule has 6 nitrogen and oxygen atoms in total. The monoisotopic (exact) mass is 478 g/mol. The van der Waals surface area contributed by atoms with Gasteiger partial charge in [0.25, 0.3) is 5.91 Å². The Labute approximate surface area is 188 Å². The fourth-order valence-electron chi connectivity index (χ4n) is 4.22. The van der Waals surface area contributed by atoms with Crippen molar-refractivity contribution in [1.82, 2.24) is 0 Å². The minimum absolute atomic E-state index is 0.274. The number of rotatable bonds is 4. The Morgan fingerprint density at radius 3 is 2.32 bits per heavy atom. The number of methoxy groups -OCH3 is 1. The second kappa shape index (κ2) is 7.83. The fourth-order valence-corrected chi connectivity index (χ4v) is 4.49. The molecule has 0 saturated carbocycles. The van der Waals surface area contributed by atoms with E-state index in [0.717, 1.165) is 15.7 Å². The summed E-state index contributed by atoms with van der Waals surface area (Å²) in [5.74, 6) is -0.633.